The minimum absolute atomic E-state index is 0.233. The van der Waals surface area contributed by atoms with Crippen molar-refractivity contribution in [1.29, 1.82) is 0 Å². The topological polar surface area (TPSA) is 62.7 Å². The number of aromatic nitrogens is 1. The molecule has 0 aliphatic carbocycles. The lowest BCUT2D eigenvalue weighted by atomic mass is 10.2. The smallest absolute Gasteiger partial charge is 0.297 e. The van der Waals surface area contributed by atoms with Gasteiger partial charge in [-0.2, -0.15) is 0 Å². The second-order valence-corrected chi connectivity index (χ2v) is 6.52. The summed E-state index contributed by atoms with van der Waals surface area (Å²) in [7, 11) is 0. The van der Waals surface area contributed by atoms with Crippen LogP contribution in [0.25, 0.3) is 10.9 Å². The largest absolute Gasteiger partial charge is 0.486 e. The summed E-state index contributed by atoms with van der Waals surface area (Å²) in [5, 5.41) is 11.9. The number of ether oxygens (including phenoxy) is 1. The van der Waals surface area contributed by atoms with E-state index in [1.807, 2.05) is 12.1 Å². The summed E-state index contributed by atoms with van der Waals surface area (Å²) in [5.74, 6) is 0.976. The summed E-state index contributed by atoms with van der Waals surface area (Å²) in [6.45, 7) is 0.469. The lowest BCUT2D eigenvalue weighted by molar-refractivity contribution is -0.118. The van der Waals surface area contributed by atoms with Gasteiger partial charge in [0.15, 0.2) is 12.0 Å². The molecule has 7 heteroatoms. The number of nitrogens with zero attached hydrogens (tertiary/aromatic N) is 2. The number of aliphatic hydroxyl groups is 1. The molecule has 2 aliphatic heterocycles. The van der Waals surface area contributed by atoms with E-state index in [1.54, 1.807) is 18.2 Å². The van der Waals surface area contributed by atoms with Gasteiger partial charge in [-0.15, -0.1) is 11.8 Å². The SMILES string of the molecule is O=C1C2=C(SCCO2)C(O)N1c1ccc2ccc(Cl)cc2n1. The maximum Gasteiger partial charge on any atom is 0.297 e. The number of thioether (sulfide) groups is 1. The zero-order valence-electron chi connectivity index (χ0n) is 11.3. The second kappa shape index (κ2) is 5.15. The van der Waals surface area contributed by atoms with Crippen LogP contribution in [0.3, 0.4) is 0 Å². The first kappa shape index (κ1) is 13.9. The average Bonchev–Trinajstić information content (AvgIpc) is 2.79. The average molecular weight is 335 g/mol. The third-order valence-corrected chi connectivity index (χ3v) is 4.90. The highest BCUT2D eigenvalue weighted by Crippen LogP contribution is 2.38. The predicted molar refractivity (Wildman–Crippen MR) is 85.7 cm³/mol. The Bertz CT molecular complexity index is 824. The van der Waals surface area contributed by atoms with Crippen LogP contribution in [-0.2, 0) is 9.53 Å². The monoisotopic (exact) mass is 334 g/mol. The van der Waals surface area contributed by atoms with Crippen molar-refractivity contribution in [3.63, 3.8) is 0 Å². The molecule has 0 radical (unpaired) electrons. The minimum atomic E-state index is -1.04. The number of amides is 1. The molecule has 2 aromatic rings. The van der Waals surface area contributed by atoms with E-state index in [0.717, 1.165) is 11.1 Å². The maximum absolute atomic E-state index is 12.5. The highest BCUT2D eigenvalue weighted by molar-refractivity contribution is 8.03. The Morgan fingerprint density at radius 1 is 1.36 bits per heavy atom. The van der Waals surface area contributed by atoms with Crippen LogP contribution < -0.4 is 4.90 Å². The molecular formula is C15H11ClN2O3S. The number of hydrogen-bond donors (Lipinski definition) is 1. The van der Waals surface area contributed by atoms with Gasteiger partial charge in [-0.1, -0.05) is 17.7 Å². The number of fused-ring (bicyclic) bond motifs is 1. The van der Waals surface area contributed by atoms with E-state index in [4.69, 9.17) is 16.3 Å². The number of aliphatic hydroxyl groups excluding tert-OH is 1. The summed E-state index contributed by atoms with van der Waals surface area (Å²) in [4.78, 5) is 18.7. The molecule has 1 unspecified atom stereocenters. The fourth-order valence-electron chi connectivity index (χ4n) is 2.57. The molecule has 0 fully saturated rings. The summed E-state index contributed by atoms with van der Waals surface area (Å²) in [6.07, 6.45) is -1.04. The Labute approximate surface area is 135 Å². The van der Waals surface area contributed by atoms with Crippen molar-refractivity contribution in [2.45, 2.75) is 6.23 Å². The molecule has 1 amide bonds. The number of anilines is 1. The van der Waals surface area contributed by atoms with Crippen LogP contribution in [0.5, 0.6) is 0 Å². The van der Waals surface area contributed by atoms with Crippen LogP contribution in [-0.4, -0.2) is 34.6 Å². The molecule has 1 aromatic carbocycles. The van der Waals surface area contributed by atoms with Crippen molar-refractivity contribution in [3.05, 3.63) is 46.0 Å². The van der Waals surface area contributed by atoms with Gasteiger partial charge in [0, 0.05) is 16.2 Å². The third kappa shape index (κ3) is 2.06. The van der Waals surface area contributed by atoms with Gasteiger partial charge in [-0.25, -0.2) is 4.98 Å². The first-order valence-electron chi connectivity index (χ1n) is 6.73. The molecular weight excluding hydrogens is 324 g/mol. The molecule has 0 spiro atoms. The number of benzene rings is 1. The minimum Gasteiger partial charge on any atom is -0.486 e. The van der Waals surface area contributed by atoms with Gasteiger partial charge >= 0.3 is 0 Å². The van der Waals surface area contributed by atoms with Crippen LogP contribution in [0.4, 0.5) is 5.82 Å². The Balaban J connectivity index is 1.77. The molecule has 1 atom stereocenters. The maximum atomic E-state index is 12.5. The lowest BCUT2D eigenvalue weighted by Gasteiger charge is -2.20. The third-order valence-electron chi connectivity index (χ3n) is 3.59. The molecule has 4 rings (SSSR count). The van der Waals surface area contributed by atoms with E-state index in [2.05, 4.69) is 4.98 Å². The van der Waals surface area contributed by atoms with E-state index in [-0.39, 0.29) is 11.7 Å². The number of carbonyl (C=O) groups excluding carboxylic acids is 1. The van der Waals surface area contributed by atoms with Crippen LogP contribution in [0.15, 0.2) is 41.0 Å². The number of carbonyl (C=O) groups is 1. The van der Waals surface area contributed by atoms with Gasteiger partial charge in [-0.05, 0) is 24.3 Å². The predicted octanol–water partition coefficient (Wildman–Crippen LogP) is 2.53. The first-order chi connectivity index (χ1) is 10.6. The Kier molecular flexibility index (Phi) is 3.25. The summed E-state index contributed by atoms with van der Waals surface area (Å²) < 4.78 is 5.40. The Hall–Kier alpha value is -1.76. The van der Waals surface area contributed by atoms with Crippen molar-refractivity contribution >= 4 is 46.0 Å². The quantitative estimate of drug-likeness (QED) is 0.868. The number of pyridine rings is 1. The molecule has 0 bridgehead atoms. The van der Waals surface area contributed by atoms with Crippen LogP contribution >= 0.6 is 23.4 Å². The number of halogens is 1. The molecule has 3 heterocycles. The van der Waals surface area contributed by atoms with E-state index >= 15 is 0 Å². The van der Waals surface area contributed by atoms with Crippen molar-refractivity contribution in [1.82, 2.24) is 4.98 Å². The van der Waals surface area contributed by atoms with Gasteiger partial charge in [0.05, 0.1) is 17.0 Å². The Morgan fingerprint density at radius 3 is 3.00 bits per heavy atom. The second-order valence-electron chi connectivity index (χ2n) is 4.95. The van der Waals surface area contributed by atoms with Gasteiger partial charge in [0.2, 0.25) is 0 Å². The van der Waals surface area contributed by atoms with Crippen LogP contribution in [0.1, 0.15) is 0 Å². The van der Waals surface area contributed by atoms with E-state index in [9.17, 15) is 9.90 Å². The molecule has 112 valence electrons. The number of hydrogen-bond acceptors (Lipinski definition) is 5. The Morgan fingerprint density at radius 2 is 2.18 bits per heavy atom. The van der Waals surface area contributed by atoms with E-state index in [1.165, 1.54) is 16.7 Å². The van der Waals surface area contributed by atoms with Gasteiger partial charge in [0.1, 0.15) is 5.82 Å². The van der Waals surface area contributed by atoms with Gasteiger partial charge in [0.25, 0.3) is 5.91 Å². The fraction of sp³-hybridized carbons (Fsp3) is 0.200. The lowest BCUT2D eigenvalue weighted by Crippen LogP contribution is -2.35. The molecule has 0 saturated carbocycles. The van der Waals surface area contributed by atoms with Gasteiger partial charge in [-0.3, -0.25) is 9.69 Å². The van der Waals surface area contributed by atoms with Gasteiger partial charge < -0.3 is 9.84 Å². The van der Waals surface area contributed by atoms with Crippen LogP contribution in [0, 0.1) is 0 Å². The fourth-order valence-corrected chi connectivity index (χ4v) is 3.66. The zero-order chi connectivity index (χ0) is 15.3. The highest BCUT2D eigenvalue weighted by Gasteiger charge is 2.43. The molecule has 1 aromatic heterocycles. The molecule has 1 N–H and O–H groups in total. The summed E-state index contributed by atoms with van der Waals surface area (Å²) in [5.41, 5.74) is 0.670. The molecule has 0 saturated heterocycles. The standard InChI is InChI=1S/C15H11ClN2O3S/c16-9-3-1-8-2-4-11(17-10(8)7-9)18-14(19)12-13(15(18)20)22-6-5-21-12/h1-4,7,15,20H,5-6H2. The van der Waals surface area contributed by atoms with E-state index < -0.39 is 6.23 Å². The van der Waals surface area contributed by atoms with Crippen molar-refractivity contribution in [2.24, 2.45) is 0 Å². The normalized spacial score (nSPS) is 21.3. The first-order valence-corrected chi connectivity index (χ1v) is 8.09. The van der Waals surface area contributed by atoms with Crippen molar-refractivity contribution < 1.29 is 14.6 Å². The number of rotatable bonds is 1. The molecule has 2 aliphatic rings. The molecule has 5 nitrogen and oxygen atoms in total. The van der Waals surface area contributed by atoms with E-state index in [0.29, 0.717) is 27.9 Å². The highest BCUT2D eigenvalue weighted by atomic mass is 35.5. The molecule has 22 heavy (non-hydrogen) atoms. The van der Waals surface area contributed by atoms with Crippen LogP contribution in [0.2, 0.25) is 5.02 Å². The summed E-state index contributed by atoms with van der Waals surface area (Å²) >= 11 is 7.43. The van der Waals surface area contributed by atoms with Crippen molar-refractivity contribution in [3.8, 4) is 0 Å². The summed E-state index contributed by atoms with van der Waals surface area (Å²) in [6, 6.07) is 8.93. The zero-order valence-corrected chi connectivity index (χ0v) is 12.9. The van der Waals surface area contributed by atoms with Crippen molar-refractivity contribution in [2.75, 3.05) is 17.3 Å².